The number of benzene rings is 2. The van der Waals surface area contributed by atoms with Gasteiger partial charge in [-0.05, 0) is 48.9 Å². The summed E-state index contributed by atoms with van der Waals surface area (Å²) in [4.78, 5) is 7.99. The summed E-state index contributed by atoms with van der Waals surface area (Å²) in [7, 11) is -2.08. The van der Waals surface area contributed by atoms with E-state index in [1.807, 2.05) is 6.07 Å². The maximum absolute atomic E-state index is 11.9. The maximum atomic E-state index is 11.9. The first kappa shape index (κ1) is 15.3. The van der Waals surface area contributed by atoms with Crippen LogP contribution in [0.3, 0.4) is 0 Å². The van der Waals surface area contributed by atoms with Gasteiger partial charge in [0.1, 0.15) is 5.82 Å². The van der Waals surface area contributed by atoms with Gasteiger partial charge in [0.15, 0.2) is 0 Å². The average molecular weight is 343 g/mol. The summed E-state index contributed by atoms with van der Waals surface area (Å²) in [6.45, 7) is 1.38. The molecule has 2 aromatic carbocycles. The van der Waals surface area contributed by atoms with Crippen molar-refractivity contribution in [2.75, 3.05) is 13.7 Å². The standard InChI is InChI=1S/C17H17N3O3S/c1-18-24(21,22)14-4-5-15-16(9-14)20-17(19-15)12-3-2-11-6-7-23-10-13(11)8-12/h2-5,8-9,18H,6-7,10H2,1H3,(H,19,20). The van der Waals surface area contributed by atoms with Crippen molar-refractivity contribution >= 4 is 21.1 Å². The highest BCUT2D eigenvalue weighted by Crippen LogP contribution is 2.26. The van der Waals surface area contributed by atoms with Crippen LogP contribution in [0.5, 0.6) is 0 Å². The lowest BCUT2D eigenvalue weighted by Crippen LogP contribution is -2.18. The van der Waals surface area contributed by atoms with Gasteiger partial charge in [-0.15, -0.1) is 0 Å². The van der Waals surface area contributed by atoms with Crippen molar-refractivity contribution in [2.45, 2.75) is 17.9 Å². The molecule has 0 unspecified atom stereocenters. The fourth-order valence-electron chi connectivity index (χ4n) is 2.93. The van der Waals surface area contributed by atoms with Gasteiger partial charge in [0.05, 0.1) is 29.1 Å². The molecule has 24 heavy (non-hydrogen) atoms. The lowest BCUT2D eigenvalue weighted by Gasteiger charge is -2.16. The number of H-pyrrole nitrogens is 1. The van der Waals surface area contributed by atoms with E-state index in [1.165, 1.54) is 18.2 Å². The molecule has 124 valence electrons. The number of nitrogens with one attached hydrogen (secondary N) is 2. The van der Waals surface area contributed by atoms with Gasteiger partial charge in [0, 0.05) is 5.56 Å². The fourth-order valence-corrected chi connectivity index (χ4v) is 3.68. The van der Waals surface area contributed by atoms with Gasteiger partial charge in [-0.1, -0.05) is 12.1 Å². The number of imidazole rings is 1. The van der Waals surface area contributed by atoms with Crippen LogP contribution < -0.4 is 4.72 Å². The highest BCUT2D eigenvalue weighted by Gasteiger charge is 2.15. The number of aromatic nitrogens is 2. The Balaban J connectivity index is 1.78. The molecule has 0 saturated carbocycles. The second kappa shape index (κ2) is 5.70. The highest BCUT2D eigenvalue weighted by molar-refractivity contribution is 7.89. The van der Waals surface area contributed by atoms with Crippen molar-refractivity contribution in [1.29, 1.82) is 0 Å². The Bertz CT molecular complexity index is 1020. The van der Waals surface area contributed by atoms with Crippen molar-refractivity contribution in [3.8, 4) is 11.4 Å². The Kier molecular flexibility index (Phi) is 3.64. The van der Waals surface area contributed by atoms with Crippen molar-refractivity contribution in [3.05, 3.63) is 47.5 Å². The third-order valence-corrected chi connectivity index (χ3v) is 5.70. The molecule has 2 heterocycles. The van der Waals surface area contributed by atoms with Gasteiger partial charge < -0.3 is 9.72 Å². The van der Waals surface area contributed by atoms with E-state index in [0.29, 0.717) is 12.1 Å². The molecule has 0 aliphatic carbocycles. The summed E-state index contributed by atoms with van der Waals surface area (Å²) in [5, 5.41) is 0. The summed E-state index contributed by atoms with van der Waals surface area (Å²) < 4.78 is 31.7. The zero-order chi connectivity index (χ0) is 16.7. The van der Waals surface area contributed by atoms with Gasteiger partial charge in [-0.2, -0.15) is 0 Å². The Morgan fingerprint density at radius 1 is 1.17 bits per heavy atom. The number of hydrogen-bond donors (Lipinski definition) is 2. The second-order valence-corrected chi connectivity index (χ2v) is 7.64. The fraction of sp³-hybridized carbons (Fsp3) is 0.235. The number of hydrogen-bond acceptors (Lipinski definition) is 4. The lowest BCUT2D eigenvalue weighted by molar-refractivity contribution is 0.111. The topological polar surface area (TPSA) is 84.1 Å². The first-order chi connectivity index (χ1) is 11.6. The number of fused-ring (bicyclic) bond motifs is 2. The molecule has 1 aliphatic heterocycles. The molecule has 0 amide bonds. The molecule has 0 fully saturated rings. The minimum Gasteiger partial charge on any atom is -0.376 e. The molecule has 4 rings (SSSR count). The number of sulfonamides is 1. The van der Waals surface area contributed by atoms with Crippen molar-refractivity contribution in [1.82, 2.24) is 14.7 Å². The Hall–Kier alpha value is -2.22. The predicted octanol–water partition coefficient (Wildman–Crippen LogP) is 2.21. The van der Waals surface area contributed by atoms with E-state index in [2.05, 4.69) is 26.8 Å². The van der Waals surface area contributed by atoms with E-state index >= 15 is 0 Å². The molecule has 7 heteroatoms. The zero-order valence-electron chi connectivity index (χ0n) is 13.2. The molecule has 6 nitrogen and oxygen atoms in total. The summed E-state index contributed by atoms with van der Waals surface area (Å²) in [5.41, 5.74) is 4.87. The molecule has 0 radical (unpaired) electrons. The largest absolute Gasteiger partial charge is 0.376 e. The molecule has 1 aromatic heterocycles. The van der Waals surface area contributed by atoms with E-state index in [-0.39, 0.29) is 4.90 Å². The Labute approximate surface area is 139 Å². The summed E-state index contributed by atoms with van der Waals surface area (Å²) in [6, 6.07) is 11.1. The Morgan fingerprint density at radius 2 is 2.04 bits per heavy atom. The van der Waals surface area contributed by atoms with E-state index in [1.54, 1.807) is 18.2 Å². The monoisotopic (exact) mass is 343 g/mol. The summed E-state index contributed by atoms with van der Waals surface area (Å²) >= 11 is 0. The minimum absolute atomic E-state index is 0.214. The normalized spacial score (nSPS) is 14.7. The van der Waals surface area contributed by atoms with Crippen LogP contribution in [-0.2, 0) is 27.8 Å². The van der Waals surface area contributed by atoms with E-state index in [4.69, 9.17) is 4.74 Å². The van der Waals surface area contributed by atoms with Crippen molar-refractivity contribution < 1.29 is 13.2 Å². The lowest BCUT2D eigenvalue weighted by atomic mass is 10.0. The molecule has 0 saturated heterocycles. The zero-order valence-corrected chi connectivity index (χ0v) is 14.0. The molecule has 3 aromatic rings. The number of rotatable bonds is 3. The maximum Gasteiger partial charge on any atom is 0.240 e. The summed E-state index contributed by atoms with van der Waals surface area (Å²) in [6.07, 6.45) is 0.932. The molecular formula is C17H17N3O3S. The number of ether oxygens (including phenoxy) is 1. The molecule has 2 N–H and O–H groups in total. The van der Waals surface area contributed by atoms with Crippen molar-refractivity contribution in [3.63, 3.8) is 0 Å². The molecule has 0 spiro atoms. The Morgan fingerprint density at radius 3 is 2.88 bits per heavy atom. The number of nitrogens with zero attached hydrogens (tertiary/aromatic N) is 1. The van der Waals surface area contributed by atoms with Crippen LogP contribution >= 0.6 is 0 Å². The number of aromatic amines is 1. The molecule has 0 atom stereocenters. The third-order valence-electron chi connectivity index (χ3n) is 4.29. The molecular weight excluding hydrogens is 326 g/mol. The average Bonchev–Trinajstić information content (AvgIpc) is 3.04. The van der Waals surface area contributed by atoms with E-state index in [0.717, 1.165) is 29.9 Å². The highest BCUT2D eigenvalue weighted by atomic mass is 32.2. The van der Waals surface area contributed by atoms with Crippen molar-refractivity contribution in [2.24, 2.45) is 0 Å². The van der Waals surface area contributed by atoms with Crippen LogP contribution in [-0.4, -0.2) is 32.0 Å². The van der Waals surface area contributed by atoms with E-state index < -0.39 is 10.0 Å². The third kappa shape index (κ3) is 2.60. The molecule has 0 bridgehead atoms. The summed E-state index contributed by atoms with van der Waals surface area (Å²) in [5.74, 6) is 0.720. The predicted molar refractivity (Wildman–Crippen MR) is 91.1 cm³/mol. The van der Waals surface area contributed by atoms with E-state index in [9.17, 15) is 8.42 Å². The van der Waals surface area contributed by atoms with Crippen LogP contribution in [0.4, 0.5) is 0 Å². The van der Waals surface area contributed by atoms with Crippen LogP contribution in [0.15, 0.2) is 41.3 Å². The van der Waals surface area contributed by atoms with Crippen LogP contribution in [0.25, 0.3) is 22.4 Å². The van der Waals surface area contributed by atoms with Crippen LogP contribution in [0.1, 0.15) is 11.1 Å². The van der Waals surface area contributed by atoms with Crippen LogP contribution in [0.2, 0.25) is 0 Å². The van der Waals surface area contributed by atoms with Gasteiger partial charge in [-0.25, -0.2) is 18.1 Å². The second-order valence-electron chi connectivity index (χ2n) is 5.76. The minimum atomic E-state index is -3.47. The quantitative estimate of drug-likeness (QED) is 0.764. The van der Waals surface area contributed by atoms with Gasteiger partial charge in [0.25, 0.3) is 0 Å². The van der Waals surface area contributed by atoms with Gasteiger partial charge in [0.2, 0.25) is 10.0 Å². The molecule has 1 aliphatic rings. The SMILES string of the molecule is CNS(=O)(=O)c1ccc2nc(-c3ccc4c(c3)COCC4)[nH]c2c1. The van der Waals surface area contributed by atoms with Crippen LogP contribution in [0, 0.1) is 0 Å². The van der Waals surface area contributed by atoms with Gasteiger partial charge in [-0.3, -0.25) is 0 Å². The first-order valence-electron chi connectivity index (χ1n) is 7.70. The first-order valence-corrected chi connectivity index (χ1v) is 9.18. The van der Waals surface area contributed by atoms with Gasteiger partial charge >= 0.3 is 0 Å². The smallest absolute Gasteiger partial charge is 0.240 e.